The Morgan fingerprint density at radius 3 is 2.20 bits per heavy atom. The van der Waals surface area contributed by atoms with Crippen molar-refractivity contribution < 1.29 is 19.4 Å². The fourth-order valence-electron chi connectivity index (χ4n) is 2.02. The molecule has 128 valence electrons. The van der Waals surface area contributed by atoms with Crippen molar-refractivity contribution in [2.45, 2.75) is 13.0 Å². The number of nitriles is 1. The van der Waals surface area contributed by atoms with E-state index in [1.54, 1.807) is 31.2 Å². The third kappa shape index (κ3) is 5.48. The second-order valence-electron chi connectivity index (χ2n) is 5.56. The summed E-state index contributed by atoms with van der Waals surface area (Å²) in [5.74, 6) is 0.0634. The third-order valence-corrected chi connectivity index (χ3v) is 3.40. The van der Waals surface area contributed by atoms with Crippen LogP contribution in [0.25, 0.3) is 11.1 Å². The van der Waals surface area contributed by atoms with Gasteiger partial charge in [-0.2, -0.15) is 5.26 Å². The van der Waals surface area contributed by atoms with E-state index < -0.39 is 12.1 Å². The van der Waals surface area contributed by atoms with Gasteiger partial charge in [0.15, 0.2) is 0 Å². The summed E-state index contributed by atoms with van der Waals surface area (Å²) in [6.07, 6.45) is -0.915. The number of rotatable bonds is 7. The summed E-state index contributed by atoms with van der Waals surface area (Å²) in [4.78, 5) is 11.2. The number of nitrogens with zero attached hydrogens (tertiary/aromatic N) is 1. The molecule has 0 aromatic heterocycles. The van der Waals surface area contributed by atoms with Crippen molar-refractivity contribution in [1.82, 2.24) is 0 Å². The molecule has 0 radical (unpaired) electrons. The van der Waals surface area contributed by atoms with Crippen molar-refractivity contribution in [3.8, 4) is 22.9 Å². The fraction of sp³-hybridized carbons (Fsp3) is 0.200. The molecule has 0 saturated heterocycles. The summed E-state index contributed by atoms with van der Waals surface area (Å²) < 4.78 is 10.3. The number of carbonyl (C=O) groups excluding carboxylic acids is 1. The van der Waals surface area contributed by atoms with Gasteiger partial charge in [0.2, 0.25) is 0 Å². The number of esters is 1. The molecule has 0 heterocycles. The molecule has 5 heteroatoms. The largest absolute Gasteiger partial charge is 0.491 e. The van der Waals surface area contributed by atoms with E-state index in [1.807, 2.05) is 24.3 Å². The average molecular weight is 337 g/mol. The lowest BCUT2D eigenvalue weighted by atomic mass is 10.0. The molecule has 0 spiro atoms. The van der Waals surface area contributed by atoms with E-state index in [9.17, 15) is 9.90 Å². The summed E-state index contributed by atoms with van der Waals surface area (Å²) in [7, 11) is 0. The number of carbonyl (C=O) groups is 1. The van der Waals surface area contributed by atoms with Crippen molar-refractivity contribution in [3.63, 3.8) is 0 Å². The van der Waals surface area contributed by atoms with Gasteiger partial charge >= 0.3 is 5.97 Å². The zero-order valence-corrected chi connectivity index (χ0v) is 13.9. The summed E-state index contributed by atoms with van der Waals surface area (Å²) in [6, 6.07) is 16.8. The van der Waals surface area contributed by atoms with Crippen molar-refractivity contribution >= 4 is 5.97 Å². The van der Waals surface area contributed by atoms with Gasteiger partial charge in [0.1, 0.15) is 25.1 Å². The first-order valence-electron chi connectivity index (χ1n) is 7.73. The third-order valence-electron chi connectivity index (χ3n) is 3.40. The first-order valence-corrected chi connectivity index (χ1v) is 7.73. The second kappa shape index (κ2) is 8.67. The Kier molecular flexibility index (Phi) is 6.33. The fourth-order valence-corrected chi connectivity index (χ4v) is 2.02. The molecule has 1 unspecified atom stereocenters. The molecule has 2 aromatic rings. The van der Waals surface area contributed by atoms with Crippen molar-refractivity contribution in [3.05, 3.63) is 66.2 Å². The van der Waals surface area contributed by atoms with Crippen LogP contribution in [0.4, 0.5) is 0 Å². The topological polar surface area (TPSA) is 79.6 Å². The molecule has 25 heavy (non-hydrogen) atoms. The Bertz CT molecular complexity index is 773. The monoisotopic (exact) mass is 337 g/mol. The summed E-state index contributed by atoms with van der Waals surface area (Å²) in [5, 5.41) is 18.6. The first-order chi connectivity index (χ1) is 12.0. The van der Waals surface area contributed by atoms with Gasteiger partial charge in [-0.1, -0.05) is 30.8 Å². The lowest BCUT2D eigenvalue weighted by Crippen LogP contribution is -2.25. The predicted octanol–water partition coefficient (Wildman–Crippen LogP) is 3.08. The van der Waals surface area contributed by atoms with Crippen LogP contribution in [0, 0.1) is 11.3 Å². The standard InChI is InChI=1S/C20H19NO4/c1-14(2)20(23)25-13-18(22)12-24-19-9-7-17(8-10-19)16-5-3-15(11-21)4-6-16/h3-10,18,22H,1,12-13H2,2H3. The highest BCUT2D eigenvalue weighted by atomic mass is 16.5. The van der Waals surface area contributed by atoms with Gasteiger partial charge in [0, 0.05) is 5.57 Å². The molecule has 1 N–H and O–H groups in total. The van der Waals surface area contributed by atoms with Crippen molar-refractivity contribution in [2.24, 2.45) is 0 Å². The summed E-state index contributed by atoms with van der Waals surface area (Å²) in [5.41, 5.74) is 2.89. The van der Waals surface area contributed by atoms with Gasteiger partial charge in [0.05, 0.1) is 11.6 Å². The quantitative estimate of drug-likeness (QED) is 0.620. The summed E-state index contributed by atoms with van der Waals surface area (Å²) in [6.45, 7) is 4.88. The van der Waals surface area contributed by atoms with Crippen LogP contribution in [-0.4, -0.2) is 30.4 Å². The lowest BCUT2D eigenvalue weighted by Gasteiger charge is -2.13. The molecule has 0 aliphatic heterocycles. The molecule has 0 saturated carbocycles. The van der Waals surface area contributed by atoms with Crippen LogP contribution >= 0.6 is 0 Å². The number of aliphatic hydroxyl groups excluding tert-OH is 1. The van der Waals surface area contributed by atoms with E-state index in [0.717, 1.165) is 11.1 Å². The normalized spacial score (nSPS) is 11.2. The van der Waals surface area contributed by atoms with Crippen LogP contribution in [0.3, 0.4) is 0 Å². The maximum absolute atomic E-state index is 11.2. The average Bonchev–Trinajstić information content (AvgIpc) is 2.64. The molecular weight excluding hydrogens is 318 g/mol. The SMILES string of the molecule is C=C(C)C(=O)OCC(O)COc1ccc(-c2ccc(C#N)cc2)cc1. The van der Waals surface area contributed by atoms with Gasteiger partial charge in [0.25, 0.3) is 0 Å². The number of benzene rings is 2. The Balaban J connectivity index is 1.86. The van der Waals surface area contributed by atoms with E-state index >= 15 is 0 Å². The molecule has 2 rings (SSSR count). The molecular formula is C20H19NO4. The van der Waals surface area contributed by atoms with Gasteiger partial charge in [-0.05, 0) is 42.3 Å². The van der Waals surface area contributed by atoms with Gasteiger partial charge in [-0.25, -0.2) is 4.79 Å². The van der Waals surface area contributed by atoms with Crippen molar-refractivity contribution in [2.75, 3.05) is 13.2 Å². The minimum absolute atomic E-state index is 0.0136. The van der Waals surface area contributed by atoms with E-state index in [4.69, 9.17) is 14.7 Å². The van der Waals surface area contributed by atoms with Crippen LogP contribution in [0.15, 0.2) is 60.7 Å². The molecule has 1 atom stereocenters. The van der Waals surface area contributed by atoms with Crippen molar-refractivity contribution in [1.29, 1.82) is 5.26 Å². The number of aliphatic hydroxyl groups is 1. The number of hydrogen-bond acceptors (Lipinski definition) is 5. The molecule has 0 aliphatic rings. The summed E-state index contributed by atoms with van der Waals surface area (Å²) >= 11 is 0. The van der Waals surface area contributed by atoms with E-state index in [-0.39, 0.29) is 18.8 Å². The first kappa shape index (κ1) is 18.2. The zero-order valence-electron chi connectivity index (χ0n) is 13.9. The van der Waals surface area contributed by atoms with Gasteiger partial charge in [-0.3, -0.25) is 0 Å². The predicted molar refractivity (Wildman–Crippen MR) is 93.9 cm³/mol. The minimum Gasteiger partial charge on any atom is -0.491 e. The van der Waals surface area contributed by atoms with Gasteiger partial charge < -0.3 is 14.6 Å². The minimum atomic E-state index is -0.915. The van der Waals surface area contributed by atoms with Crippen LogP contribution in [0.5, 0.6) is 5.75 Å². The van der Waals surface area contributed by atoms with Gasteiger partial charge in [-0.15, -0.1) is 0 Å². The van der Waals surface area contributed by atoms with Crippen LogP contribution in [0.1, 0.15) is 12.5 Å². The highest BCUT2D eigenvalue weighted by molar-refractivity contribution is 5.86. The highest BCUT2D eigenvalue weighted by Gasteiger charge is 2.10. The highest BCUT2D eigenvalue weighted by Crippen LogP contribution is 2.22. The van der Waals surface area contributed by atoms with E-state index in [0.29, 0.717) is 11.3 Å². The smallest absolute Gasteiger partial charge is 0.333 e. The molecule has 5 nitrogen and oxygen atoms in total. The number of hydrogen-bond donors (Lipinski definition) is 1. The Hall–Kier alpha value is -3.10. The maximum atomic E-state index is 11.2. The molecule has 0 amide bonds. The molecule has 0 bridgehead atoms. The van der Waals surface area contributed by atoms with Crippen LogP contribution < -0.4 is 4.74 Å². The number of ether oxygens (including phenoxy) is 2. The maximum Gasteiger partial charge on any atom is 0.333 e. The van der Waals surface area contributed by atoms with Crippen LogP contribution in [0.2, 0.25) is 0 Å². The zero-order chi connectivity index (χ0) is 18.2. The lowest BCUT2D eigenvalue weighted by molar-refractivity contribution is -0.142. The molecule has 0 aliphatic carbocycles. The second-order valence-corrected chi connectivity index (χ2v) is 5.56. The Morgan fingerprint density at radius 1 is 1.12 bits per heavy atom. The Morgan fingerprint density at radius 2 is 1.68 bits per heavy atom. The molecule has 0 fully saturated rings. The molecule has 2 aromatic carbocycles. The van der Waals surface area contributed by atoms with Crippen LogP contribution in [-0.2, 0) is 9.53 Å². The van der Waals surface area contributed by atoms with E-state index in [1.165, 1.54) is 0 Å². The van der Waals surface area contributed by atoms with E-state index in [2.05, 4.69) is 12.6 Å². The Labute approximate surface area is 146 Å².